The minimum atomic E-state index is -4.53. The van der Waals surface area contributed by atoms with Crippen LogP contribution in [0, 0.1) is 5.92 Å². The molecule has 0 radical (unpaired) electrons. The third-order valence-electron chi connectivity index (χ3n) is 3.45. The molecule has 2 unspecified atom stereocenters. The maximum Gasteiger partial charge on any atom is 0.470 e. The van der Waals surface area contributed by atoms with Gasteiger partial charge in [-0.25, -0.2) is 4.57 Å². The van der Waals surface area contributed by atoms with Gasteiger partial charge in [-0.15, -0.1) is 0 Å². The minimum Gasteiger partial charge on any atom is -0.303 e. The van der Waals surface area contributed by atoms with Crippen LogP contribution in [-0.2, 0) is 9.09 Å². The van der Waals surface area contributed by atoms with Crippen molar-refractivity contribution in [3.63, 3.8) is 0 Å². The van der Waals surface area contributed by atoms with Gasteiger partial charge in [0.05, 0.1) is 0 Å². The van der Waals surface area contributed by atoms with Crippen LogP contribution in [0.1, 0.15) is 19.4 Å². The monoisotopic (exact) mass is 280 g/mol. The van der Waals surface area contributed by atoms with Gasteiger partial charge in [-0.3, -0.25) is 4.52 Å². The number of allylic oxidation sites excluding steroid dienone is 2. The van der Waals surface area contributed by atoms with Crippen LogP contribution in [-0.4, -0.2) is 15.4 Å². The Labute approximate surface area is 112 Å². The lowest BCUT2D eigenvalue weighted by atomic mass is 9.78. The Balaban J connectivity index is 2.33. The van der Waals surface area contributed by atoms with Crippen LogP contribution in [0.15, 0.2) is 48.6 Å². The van der Waals surface area contributed by atoms with Crippen molar-refractivity contribution in [2.45, 2.75) is 19.4 Å². The molecule has 0 aliphatic heterocycles. The Morgan fingerprint density at radius 3 is 2.47 bits per heavy atom. The third-order valence-corrected chi connectivity index (χ3v) is 4.08. The summed E-state index contributed by atoms with van der Waals surface area (Å²) in [5, 5.41) is 0. The summed E-state index contributed by atoms with van der Waals surface area (Å²) in [6, 6.07) is 9.74. The van der Waals surface area contributed by atoms with Crippen molar-refractivity contribution in [1.82, 2.24) is 0 Å². The maximum absolute atomic E-state index is 11.1. The molecule has 102 valence electrons. The smallest absolute Gasteiger partial charge is 0.303 e. The van der Waals surface area contributed by atoms with Gasteiger partial charge in [-0.1, -0.05) is 55.5 Å². The van der Waals surface area contributed by atoms with E-state index in [0.717, 1.165) is 11.1 Å². The summed E-state index contributed by atoms with van der Waals surface area (Å²) in [4.78, 5) is 18.1. The van der Waals surface area contributed by atoms with E-state index in [9.17, 15) is 4.57 Å². The Bertz CT molecular complexity index is 558. The SMILES string of the molecule is CC1C(c2ccccc2)=CC=CC1(C)OP(=O)(O)O. The highest BCUT2D eigenvalue weighted by molar-refractivity contribution is 7.46. The van der Waals surface area contributed by atoms with Crippen LogP contribution in [0.25, 0.3) is 5.57 Å². The first-order chi connectivity index (χ1) is 8.82. The van der Waals surface area contributed by atoms with Crippen LogP contribution in [0.5, 0.6) is 0 Å². The van der Waals surface area contributed by atoms with Crippen molar-refractivity contribution >= 4 is 13.4 Å². The first kappa shape index (κ1) is 14.2. The van der Waals surface area contributed by atoms with E-state index in [2.05, 4.69) is 0 Å². The molecule has 0 fully saturated rings. The molecule has 2 rings (SSSR count). The van der Waals surface area contributed by atoms with Crippen molar-refractivity contribution in [2.24, 2.45) is 5.92 Å². The largest absolute Gasteiger partial charge is 0.470 e. The summed E-state index contributed by atoms with van der Waals surface area (Å²) < 4.78 is 16.1. The number of benzene rings is 1. The van der Waals surface area contributed by atoms with Crippen LogP contribution in [0.3, 0.4) is 0 Å². The van der Waals surface area contributed by atoms with Crippen molar-refractivity contribution in [2.75, 3.05) is 0 Å². The second kappa shape index (κ2) is 5.06. The summed E-state index contributed by atoms with van der Waals surface area (Å²) in [5.74, 6) is -0.160. The Morgan fingerprint density at radius 2 is 1.89 bits per heavy atom. The zero-order chi connectivity index (χ0) is 14.1. The van der Waals surface area contributed by atoms with Crippen molar-refractivity contribution in [1.29, 1.82) is 0 Å². The molecular formula is C14H17O4P. The lowest BCUT2D eigenvalue weighted by molar-refractivity contribution is 0.0628. The summed E-state index contributed by atoms with van der Waals surface area (Å²) in [7, 11) is -4.53. The number of phosphoric acid groups is 1. The highest BCUT2D eigenvalue weighted by Crippen LogP contribution is 2.48. The Morgan fingerprint density at radius 1 is 1.26 bits per heavy atom. The van der Waals surface area contributed by atoms with E-state index in [4.69, 9.17) is 14.3 Å². The topological polar surface area (TPSA) is 66.8 Å². The van der Waals surface area contributed by atoms with Gasteiger partial charge in [0, 0.05) is 5.92 Å². The quantitative estimate of drug-likeness (QED) is 0.835. The summed E-state index contributed by atoms with van der Waals surface area (Å²) >= 11 is 0. The lowest BCUT2D eigenvalue weighted by Gasteiger charge is -2.36. The lowest BCUT2D eigenvalue weighted by Crippen LogP contribution is -2.35. The number of rotatable bonds is 3. The molecule has 0 saturated carbocycles. The summed E-state index contributed by atoms with van der Waals surface area (Å²) in [6.07, 6.45) is 5.41. The van der Waals surface area contributed by atoms with Gasteiger partial charge in [0.2, 0.25) is 0 Å². The van der Waals surface area contributed by atoms with Gasteiger partial charge in [-0.05, 0) is 18.1 Å². The molecule has 2 atom stereocenters. The molecule has 0 bridgehead atoms. The molecule has 0 heterocycles. The van der Waals surface area contributed by atoms with Gasteiger partial charge in [0.1, 0.15) is 5.60 Å². The second-order valence-electron chi connectivity index (χ2n) is 4.83. The molecule has 0 amide bonds. The molecule has 4 nitrogen and oxygen atoms in total. The molecule has 0 saturated heterocycles. The zero-order valence-electron chi connectivity index (χ0n) is 10.9. The minimum absolute atomic E-state index is 0.160. The molecule has 1 aromatic carbocycles. The zero-order valence-corrected chi connectivity index (χ0v) is 11.7. The second-order valence-corrected chi connectivity index (χ2v) is 6.00. The van der Waals surface area contributed by atoms with E-state index in [1.165, 1.54) is 0 Å². The predicted octanol–water partition coefficient (Wildman–Crippen LogP) is 3.14. The fourth-order valence-corrected chi connectivity index (χ4v) is 3.01. The Kier molecular flexibility index (Phi) is 3.79. The van der Waals surface area contributed by atoms with Crippen LogP contribution >= 0.6 is 7.82 Å². The highest BCUT2D eigenvalue weighted by atomic mass is 31.2. The molecule has 0 aromatic heterocycles. The maximum atomic E-state index is 11.1. The normalized spacial score (nSPS) is 27.2. The first-order valence-electron chi connectivity index (χ1n) is 6.03. The van der Waals surface area contributed by atoms with Gasteiger partial charge in [0.15, 0.2) is 0 Å². The molecule has 5 heteroatoms. The first-order valence-corrected chi connectivity index (χ1v) is 7.56. The average molecular weight is 280 g/mol. The summed E-state index contributed by atoms with van der Waals surface area (Å²) in [5.41, 5.74) is 1.01. The van der Waals surface area contributed by atoms with Crippen molar-refractivity contribution in [3.05, 3.63) is 54.1 Å². The van der Waals surface area contributed by atoms with E-state index in [1.807, 2.05) is 43.3 Å². The van der Waals surface area contributed by atoms with E-state index in [-0.39, 0.29) is 5.92 Å². The van der Waals surface area contributed by atoms with E-state index >= 15 is 0 Å². The molecule has 1 aliphatic rings. The highest BCUT2D eigenvalue weighted by Gasteiger charge is 2.39. The summed E-state index contributed by atoms with van der Waals surface area (Å²) in [6.45, 7) is 3.58. The van der Waals surface area contributed by atoms with Gasteiger partial charge >= 0.3 is 7.82 Å². The van der Waals surface area contributed by atoms with Crippen LogP contribution in [0.4, 0.5) is 0 Å². The molecule has 1 aliphatic carbocycles. The predicted molar refractivity (Wildman–Crippen MR) is 74.3 cm³/mol. The average Bonchev–Trinajstić information content (AvgIpc) is 2.32. The van der Waals surface area contributed by atoms with E-state index < -0.39 is 13.4 Å². The number of hydrogen-bond donors (Lipinski definition) is 2. The number of phosphoric ester groups is 1. The van der Waals surface area contributed by atoms with Gasteiger partial charge < -0.3 is 9.79 Å². The van der Waals surface area contributed by atoms with Crippen LogP contribution < -0.4 is 0 Å². The van der Waals surface area contributed by atoms with E-state index in [0.29, 0.717) is 0 Å². The fraction of sp³-hybridized carbons (Fsp3) is 0.286. The Hall–Kier alpha value is -1.19. The van der Waals surface area contributed by atoms with Crippen molar-refractivity contribution < 1.29 is 18.9 Å². The van der Waals surface area contributed by atoms with Crippen molar-refractivity contribution in [3.8, 4) is 0 Å². The molecular weight excluding hydrogens is 263 g/mol. The molecule has 2 N–H and O–H groups in total. The van der Waals surface area contributed by atoms with Gasteiger partial charge in [-0.2, -0.15) is 0 Å². The fourth-order valence-electron chi connectivity index (χ4n) is 2.28. The number of hydrogen-bond acceptors (Lipinski definition) is 2. The van der Waals surface area contributed by atoms with E-state index in [1.54, 1.807) is 19.1 Å². The third kappa shape index (κ3) is 3.23. The van der Waals surface area contributed by atoms with Crippen LogP contribution in [0.2, 0.25) is 0 Å². The van der Waals surface area contributed by atoms with Gasteiger partial charge in [0.25, 0.3) is 0 Å². The standard InChI is InChI=1S/C14H17O4P/c1-11-13(12-7-4-3-5-8-12)9-6-10-14(11,2)18-19(15,16)17/h3-11H,1-2H3,(H2,15,16,17). The molecule has 19 heavy (non-hydrogen) atoms. The molecule has 0 spiro atoms. The molecule has 1 aromatic rings.